The van der Waals surface area contributed by atoms with Gasteiger partial charge in [-0.05, 0) is 52.8 Å². The van der Waals surface area contributed by atoms with Crippen molar-refractivity contribution in [3.63, 3.8) is 0 Å². The van der Waals surface area contributed by atoms with Crippen molar-refractivity contribution in [2.45, 2.75) is 6.54 Å². The van der Waals surface area contributed by atoms with Crippen LogP contribution in [-0.4, -0.2) is 21.1 Å². The van der Waals surface area contributed by atoms with Crippen molar-refractivity contribution in [3.8, 4) is 11.5 Å². The van der Waals surface area contributed by atoms with Gasteiger partial charge >= 0.3 is 0 Å². The molecular weight excluding hydrogens is 316 g/mol. The number of anilines is 1. The fourth-order valence-electron chi connectivity index (χ4n) is 1.89. The minimum atomic E-state index is 0.820. The first-order valence-corrected chi connectivity index (χ1v) is 7.27. The molecule has 0 unspecified atom stereocenters. The zero-order valence-electron chi connectivity index (χ0n) is 12.0. The molecule has 0 saturated heterocycles. The molecule has 0 spiro atoms. The summed E-state index contributed by atoms with van der Waals surface area (Å²) >= 11 is 3.56. The van der Waals surface area contributed by atoms with Crippen molar-refractivity contribution in [1.29, 1.82) is 0 Å². The van der Waals surface area contributed by atoms with Gasteiger partial charge in [0.25, 0.3) is 0 Å². The molecule has 0 radical (unpaired) electrons. The average molecular weight is 335 g/mol. The number of ether oxygens (including phenoxy) is 1. The van der Waals surface area contributed by atoms with Gasteiger partial charge in [-0.3, -0.25) is 0 Å². The van der Waals surface area contributed by atoms with Crippen LogP contribution >= 0.6 is 15.9 Å². The van der Waals surface area contributed by atoms with Crippen LogP contribution in [0.25, 0.3) is 0 Å². The predicted molar refractivity (Wildman–Crippen MR) is 87.7 cm³/mol. The number of nitrogens with zero attached hydrogens (tertiary/aromatic N) is 1. The number of nitrogens with one attached hydrogen (secondary N) is 1. The zero-order chi connectivity index (χ0) is 14.5. The highest BCUT2D eigenvalue weighted by molar-refractivity contribution is 9.10. The van der Waals surface area contributed by atoms with Crippen LogP contribution in [0.15, 0.2) is 46.9 Å². The van der Waals surface area contributed by atoms with Gasteiger partial charge in [0.2, 0.25) is 0 Å². The standard InChI is InChI=1S/C16H19BrN2O/c1-18-11-12-7-8-16(15(17)9-12)20-14-6-4-5-13(10-14)19(2)3/h4-10,18H,11H2,1-3H3. The van der Waals surface area contributed by atoms with Crippen molar-refractivity contribution in [3.05, 3.63) is 52.5 Å². The second-order valence-corrected chi connectivity index (χ2v) is 5.64. The number of hydrogen-bond donors (Lipinski definition) is 1. The fourth-order valence-corrected chi connectivity index (χ4v) is 2.40. The van der Waals surface area contributed by atoms with Crippen LogP contribution in [0.2, 0.25) is 0 Å². The van der Waals surface area contributed by atoms with E-state index in [-0.39, 0.29) is 0 Å². The molecule has 0 heterocycles. The van der Waals surface area contributed by atoms with Crippen molar-refractivity contribution in [2.75, 3.05) is 26.0 Å². The molecule has 2 aromatic carbocycles. The van der Waals surface area contributed by atoms with E-state index in [0.717, 1.165) is 28.2 Å². The summed E-state index contributed by atoms with van der Waals surface area (Å²) in [6.45, 7) is 0.842. The second kappa shape index (κ2) is 6.77. The molecule has 4 heteroatoms. The highest BCUT2D eigenvalue weighted by atomic mass is 79.9. The molecule has 20 heavy (non-hydrogen) atoms. The van der Waals surface area contributed by atoms with E-state index in [0.29, 0.717) is 0 Å². The molecule has 2 aromatic rings. The second-order valence-electron chi connectivity index (χ2n) is 4.79. The van der Waals surface area contributed by atoms with Crippen molar-refractivity contribution >= 4 is 21.6 Å². The van der Waals surface area contributed by atoms with Gasteiger partial charge in [-0.25, -0.2) is 0 Å². The molecule has 0 aliphatic carbocycles. The summed E-state index contributed by atoms with van der Waals surface area (Å²) < 4.78 is 6.90. The van der Waals surface area contributed by atoms with Gasteiger partial charge in [0.05, 0.1) is 4.47 Å². The molecule has 3 nitrogen and oxygen atoms in total. The van der Waals surface area contributed by atoms with Crippen LogP contribution in [-0.2, 0) is 6.54 Å². The largest absolute Gasteiger partial charge is 0.456 e. The lowest BCUT2D eigenvalue weighted by Crippen LogP contribution is -2.08. The lowest BCUT2D eigenvalue weighted by atomic mass is 10.2. The Labute approximate surface area is 128 Å². The minimum absolute atomic E-state index is 0.820. The van der Waals surface area contributed by atoms with Crippen LogP contribution in [0.1, 0.15) is 5.56 Å². The van der Waals surface area contributed by atoms with E-state index < -0.39 is 0 Å². The molecular formula is C16H19BrN2O. The van der Waals surface area contributed by atoms with E-state index in [1.54, 1.807) is 0 Å². The van der Waals surface area contributed by atoms with Crippen molar-refractivity contribution in [2.24, 2.45) is 0 Å². The Morgan fingerprint density at radius 2 is 1.95 bits per heavy atom. The summed E-state index contributed by atoms with van der Waals surface area (Å²) in [5, 5.41) is 3.13. The molecule has 0 aliphatic heterocycles. The molecule has 0 fully saturated rings. The normalized spacial score (nSPS) is 10.4. The molecule has 0 aromatic heterocycles. The van der Waals surface area contributed by atoms with Gasteiger partial charge in [-0.2, -0.15) is 0 Å². The molecule has 1 N–H and O–H groups in total. The number of halogens is 1. The van der Waals surface area contributed by atoms with E-state index >= 15 is 0 Å². The van der Waals surface area contributed by atoms with Crippen LogP contribution in [0.4, 0.5) is 5.69 Å². The summed E-state index contributed by atoms with van der Waals surface area (Å²) in [7, 11) is 5.97. The van der Waals surface area contributed by atoms with Crippen LogP contribution in [0.3, 0.4) is 0 Å². The Morgan fingerprint density at radius 1 is 1.15 bits per heavy atom. The Kier molecular flexibility index (Phi) is 5.04. The summed E-state index contributed by atoms with van der Waals surface area (Å²) in [5.41, 5.74) is 2.33. The molecule has 0 amide bonds. The van der Waals surface area contributed by atoms with Gasteiger partial charge in [-0.15, -0.1) is 0 Å². The third kappa shape index (κ3) is 3.74. The van der Waals surface area contributed by atoms with E-state index in [2.05, 4.69) is 44.3 Å². The molecule has 2 rings (SSSR count). The first kappa shape index (κ1) is 14.9. The third-order valence-electron chi connectivity index (χ3n) is 2.94. The third-order valence-corrected chi connectivity index (χ3v) is 3.56. The van der Waals surface area contributed by atoms with E-state index in [1.165, 1.54) is 5.56 Å². The average Bonchev–Trinajstić information content (AvgIpc) is 2.42. The molecule has 0 atom stereocenters. The number of hydrogen-bond acceptors (Lipinski definition) is 3. The summed E-state index contributed by atoms with van der Waals surface area (Å²) in [5.74, 6) is 1.65. The lowest BCUT2D eigenvalue weighted by Gasteiger charge is -2.14. The predicted octanol–water partition coefficient (Wildman–Crippen LogP) is 4.03. The SMILES string of the molecule is CNCc1ccc(Oc2cccc(N(C)C)c2)c(Br)c1. The maximum Gasteiger partial charge on any atom is 0.141 e. The topological polar surface area (TPSA) is 24.5 Å². The summed E-state index contributed by atoms with van der Waals surface area (Å²) in [6.07, 6.45) is 0. The maximum absolute atomic E-state index is 5.94. The van der Waals surface area contributed by atoms with E-state index in [1.807, 2.05) is 45.4 Å². The van der Waals surface area contributed by atoms with Gasteiger partial charge in [0.1, 0.15) is 11.5 Å². The van der Waals surface area contributed by atoms with Gasteiger partial charge < -0.3 is 15.0 Å². The Morgan fingerprint density at radius 3 is 2.60 bits per heavy atom. The first-order valence-electron chi connectivity index (χ1n) is 6.48. The molecule has 0 aliphatic rings. The summed E-state index contributed by atoms with van der Waals surface area (Å²) in [6, 6.07) is 14.1. The van der Waals surface area contributed by atoms with Crippen molar-refractivity contribution in [1.82, 2.24) is 5.32 Å². The van der Waals surface area contributed by atoms with Crippen molar-refractivity contribution < 1.29 is 4.74 Å². The number of benzene rings is 2. The van der Waals surface area contributed by atoms with Crippen LogP contribution in [0, 0.1) is 0 Å². The molecule has 0 saturated carbocycles. The number of rotatable bonds is 5. The highest BCUT2D eigenvalue weighted by Crippen LogP contribution is 2.31. The maximum atomic E-state index is 5.94. The lowest BCUT2D eigenvalue weighted by molar-refractivity contribution is 0.479. The smallest absolute Gasteiger partial charge is 0.141 e. The van der Waals surface area contributed by atoms with Crippen LogP contribution in [0.5, 0.6) is 11.5 Å². The van der Waals surface area contributed by atoms with Crippen LogP contribution < -0.4 is 15.0 Å². The molecule has 106 valence electrons. The van der Waals surface area contributed by atoms with Gasteiger partial charge in [-0.1, -0.05) is 12.1 Å². The Hall–Kier alpha value is -1.52. The minimum Gasteiger partial charge on any atom is -0.456 e. The zero-order valence-corrected chi connectivity index (χ0v) is 13.6. The van der Waals surface area contributed by atoms with Gasteiger partial charge in [0, 0.05) is 32.4 Å². The fraction of sp³-hybridized carbons (Fsp3) is 0.250. The van der Waals surface area contributed by atoms with Gasteiger partial charge in [0.15, 0.2) is 0 Å². The quantitative estimate of drug-likeness (QED) is 0.893. The monoisotopic (exact) mass is 334 g/mol. The Balaban J connectivity index is 2.19. The Bertz CT molecular complexity index is 584. The van der Waals surface area contributed by atoms with E-state index in [4.69, 9.17) is 4.74 Å². The molecule has 0 bridgehead atoms. The van der Waals surface area contributed by atoms with E-state index in [9.17, 15) is 0 Å². The summed E-state index contributed by atoms with van der Waals surface area (Å²) in [4.78, 5) is 2.05. The first-order chi connectivity index (χ1) is 9.60. The highest BCUT2D eigenvalue weighted by Gasteiger charge is 2.05.